The molecule has 0 spiro atoms. The van der Waals surface area contributed by atoms with Gasteiger partial charge in [-0.2, -0.15) is 5.10 Å². The van der Waals surface area contributed by atoms with E-state index >= 15 is 0 Å². The lowest BCUT2D eigenvalue weighted by Gasteiger charge is -1.93. The van der Waals surface area contributed by atoms with Crippen LogP contribution in [0.15, 0.2) is 19.9 Å². The second-order valence-corrected chi connectivity index (χ2v) is 3.43. The third kappa shape index (κ3) is 1.29. The fourth-order valence-corrected chi connectivity index (χ4v) is 1.60. The van der Waals surface area contributed by atoms with Crippen molar-refractivity contribution in [2.45, 2.75) is 13.3 Å². The van der Waals surface area contributed by atoms with Crippen molar-refractivity contribution < 1.29 is 4.42 Å². The summed E-state index contributed by atoms with van der Waals surface area (Å²) in [4.78, 5) is 11.3. The summed E-state index contributed by atoms with van der Waals surface area (Å²) in [7, 11) is 0. The largest absolute Gasteiger partial charge is 0.447 e. The minimum atomic E-state index is -0.221. The van der Waals surface area contributed by atoms with Crippen LogP contribution in [0.3, 0.4) is 0 Å². The van der Waals surface area contributed by atoms with E-state index in [0.717, 1.165) is 12.1 Å². The van der Waals surface area contributed by atoms with Crippen LogP contribution in [0, 0.1) is 0 Å². The number of fused-ring (bicyclic) bond motifs is 1. The molecule has 0 saturated carbocycles. The number of aromatic amines is 1. The Morgan fingerprint density at radius 3 is 3.15 bits per heavy atom. The summed E-state index contributed by atoms with van der Waals surface area (Å²) in [6.45, 7) is 1.95. The molecule has 13 heavy (non-hydrogen) atoms. The molecule has 4 nitrogen and oxygen atoms in total. The summed E-state index contributed by atoms with van der Waals surface area (Å²) in [6, 6.07) is 1.65. The van der Waals surface area contributed by atoms with Gasteiger partial charge in [-0.25, -0.2) is 5.10 Å². The van der Waals surface area contributed by atoms with Crippen molar-refractivity contribution in [3.8, 4) is 0 Å². The highest BCUT2D eigenvalue weighted by molar-refractivity contribution is 9.10. The molecule has 0 fully saturated rings. The molecule has 0 aromatic carbocycles. The Balaban J connectivity index is 2.92. The van der Waals surface area contributed by atoms with Gasteiger partial charge in [0.05, 0.1) is 5.39 Å². The lowest BCUT2D eigenvalue weighted by molar-refractivity contribution is 0.579. The zero-order valence-electron chi connectivity index (χ0n) is 6.93. The number of hydrogen-bond acceptors (Lipinski definition) is 3. The number of rotatable bonds is 1. The molecule has 0 amide bonds. The average Bonchev–Trinajstić information content (AvgIpc) is 2.48. The molecule has 0 saturated heterocycles. The molecule has 2 rings (SSSR count). The van der Waals surface area contributed by atoms with Crippen molar-refractivity contribution in [3.05, 3.63) is 26.8 Å². The van der Waals surface area contributed by atoms with Gasteiger partial charge in [0.2, 0.25) is 0 Å². The highest BCUT2D eigenvalue weighted by Crippen LogP contribution is 2.22. The van der Waals surface area contributed by atoms with Crippen LogP contribution in [0.5, 0.6) is 0 Å². The zero-order chi connectivity index (χ0) is 9.42. The van der Waals surface area contributed by atoms with E-state index in [1.165, 1.54) is 0 Å². The average molecular weight is 243 g/mol. The predicted molar refractivity (Wildman–Crippen MR) is 51.7 cm³/mol. The molecular formula is C8H7BrN2O2. The second-order valence-electron chi connectivity index (χ2n) is 2.65. The first-order valence-electron chi connectivity index (χ1n) is 3.89. The highest BCUT2D eigenvalue weighted by Gasteiger charge is 2.09. The monoisotopic (exact) mass is 242 g/mol. The van der Waals surface area contributed by atoms with Crippen LogP contribution in [-0.4, -0.2) is 10.2 Å². The number of hydrogen-bond donors (Lipinski definition) is 1. The van der Waals surface area contributed by atoms with E-state index in [0.29, 0.717) is 15.6 Å². The topological polar surface area (TPSA) is 58.9 Å². The Morgan fingerprint density at radius 1 is 1.69 bits per heavy atom. The molecule has 68 valence electrons. The van der Waals surface area contributed by atoms with E-state index in [-0.39, 0.29) is 5.56 Å². The van der Waals surface area contributed by atoms with Crippen LogP contribution in [0.2, 0.25) is 0 Å². The molecular weight excluding hydrogens is 236 g/mol. The van der Waals surface area contributed by atoms with Gasteiger partial charge in [-0.3, -0.25) is 4.79 Å². The Kier molecular flexibility index (Phi) is 1.95. The Labute approximate surface area is 82.1 Å². The number of nitrogens with one attached hydrogen (secondary N) is 1. The zero-order valence-corrected chi connectivity index (χ0v) is 8.51. The molecule has 0 aliphatic heterocycles. The Hall–Kier alpha value is -1.10. The Morgan fingerprint density at radius 2 is 2.46 bits per heavy atom. The minimum Gasteiger partial charge on any atom is -0.447 e. The highest BCUT2D eigenvalue weighted by atomic mass is 79.9. The molecule has 2 heterocycles. The lowest BCUT2D eigenvalue weighted by Crippen LogP contribution is -2.09. The van der Waals surface area contributed by atoms with Gasteiger partial charge in [0.1, 0.15) is 5.69 Å². The van der Waals surface area contributed by atoms with Gasteiger partial charge in [-0.1, -0.05) is 6.92 Å². The molecule has 0 unspecified atom stereocenters. The maximum atomic E-state index is 11.3. The summed E-state index contributed by atoms with van der Waals surface area (Å²) in [5.41, 5.74) is 1.11. The molecule has 1 N–H and O–H groups in total. The van der Waals surface area contributed by atoms with E-state index in [4.69, 9.17) is 4.42 Å². The van der Waals surface area contributed by atoms with Gasteiger partial charge in [-0.05, 0) is 22.4 Å². The van der Waals surface area contributed by atoms with Crippen LogP contribution >= 0.6 is 15.9 Å². The van der Waals surface area contributed by atoms with E-state index < -0.39 is 0 Å². The number of H-pyrrole nitrogens is 1. The van der Waals surface area contributed by atoms with Crippen LogP contribution in [0.4, 0.5) is 0 Å². The van der Waals surface area contributed by atoms with Crippen molar-refractivity contribution in [1.29, 1.82) is 0 Å². The first-order chi connectivity index (χ1) is 6.22. The molecule has 2 aromatic rings. The molecule has 0 atom stereocenters. The van der Waals surface area contributed by atoms with Gasteiger partial charge < -0.3 is 4.42 Å². The predicted octanol–water partition coefficient (Wildman–Crippen LogP) is 1.84. The summed E-state index contributed by atoms with van der Waals surface area (Å²) in [6.07, 6.45) is 0.729. The van der Waals surface area contributed by atoms with Gasteiger partial charge in [0.15, 0.2) is 10.3 Å². The standard InChI is InChI=1S/C8H7BrN2O2/c1-2-5-7-4(3-6(9)13-7)8(12)11-10-5/h3H,2H2,1H3,(H,11,12). The fourth-order valence-electron chi connectivity index (χ4n) is 1.21. The van der Waals surface area contributed by atoms with Crippen LogP contribution in [-0.2, 0) is 6.42 Å². The van der Waals surface area contributed by atoms with E-state index in [9.17, 15) is 4.79 Å². The number of aryl methyl sites for hydroxylation is 1. The smallest absolute Gasteiger partial charge is 0.275 e. The van der Waals surface area contributed by atoms with E-state index in [2.05, 4.69) is 26.1 Å². The minimum absolute atomic E-state index is 0.221. The van der Waals surface area contributed by atoms with E-state index in [1.807, 2.05) is 6.92 Å². The van der Waals surface area contributed by atoms with Crippen molar-refractivity contribution in [3.63, 3.8) is 0 Å². The SMILES string of the molecule is CCc1n[nH]c(=O)c2cc(Br)oc12. The third-order valence-electron chi connectivity index (χ3n) is 1.84. The van der Waals surface area contributed by atoms with Crippen molar-refractivity contribution in [2.75, 3.05) is 0 Å². The molecule has 0 aliphatic carbocycles. The van der Waals surface area contributed by atoms with Crippen LogP contribution in [0.25, 0.3) is 11.0 Å². The van der Waals surface area contributed by atoms with Gasteiger partial charge >= 0.3 is 0 Å². The van der Waals surface area contributed by atoms with Gasteiger partial charge in [0, 0.05) is 6.07 Å². The van der Waals surface area contributed by atoms with Crippen molar-refractivity contribution >= 4 is 26.9 Å². The number of halogens is 1. The molecule has 5 heteroatoms. The number of aromatic nitrogens is 2. The summed E-state index contributed by atoms with van der Waals surface area (Å²) >= 11 is 3.17. The second kappa shape index (κ2) is 2.99. The molecule has 0 aliphatic rings. The Bertz CT molecular complexity index is 500. The molecule has 0 radical (unpaired) electrons. The normalized spacial score (nSPS) is 10.9. The third-order valence-corrected chi connectivity index (χ3v) is 2.23. The lowest BCUT2D eigenvalue weighted by atomic mass is 10.2. The van der Waals surface area contributed by atoms with Gasteiger partial charge in [0.25, 0.3) is 5.56 Å². The van der Waals surface area contributed by atoms with Crippen molar-refractivity contribution in [1.82, 2.24) is 10.2 Å². The number of furan rings is 1. The molecule has 2 aromatic heterocycles. The van der Waals surface area contributed by atoms with E-state index in [1.54, 1.807) is 6.07 Å². The number of nitrogens with zero attached hydrogens (tertiary/aromatic N) is 1. The van der Waals surface area contributed by atoms with Crippen molar-refractivity contribution in [2.24, 2.45) is 0 Å². The van der Waals surface area contributed by atoms with Gasteiger partial charge in [-0.15, -0.1) is 0 Å². The maximum Gasteiger partial charge on any atom is 0.275 e. The summed E-state index contributed by atoms with van der Waals surface area (Å²) < 4.78 is 5.86. The summed E-state index contributed by atoms with van der Waals surface area (Å²) in [5, 5.41) is 6.85. The first-order valence-corrected chi connectivity index (χ1v) is 4.68. The summed E-state index contributed by atoms with van der Waals surface area (Å²) in [5.74, 6) is 0. The molecule has 0 bridgehead atoms. The van der Waals surface area contributed by atoms with Crippen LogP contribution < -0.4 is 5.56 Å². The fraction of sp³-hybridized carbons (Fsp3) is 0.250. The first kappa shape index (κ1) is 8.50. The quantitative estimate of drug-likeness (QED) is 0.831. The van der Waals surface area contributed by atoms with Crippen LogP contribution in [0.1, 0.15) is 12.6 Å². The maximum absolute atomic E-state index is 11.3.